The van der Waals surface area contributed by atoms with Crippen molar-refractivity contribution in [2.24, 2.45) is 0 Å². The van der Waals surface area contributed by atoms with Crippen LogP contribution in [-0.2, 0) is 22.6 Å². The molecule has 3 rings (SSSR count). The van der Waals surface area contributed by atoms with Crippen LogP contribution in [0.4, 0.5) is 0 Å². The molecule has 0 saturated carbocycles. The summed E-state index contributed by atoms with van der Waals surface area (Å²) in [5.74, 6) is -0.324. The second-order valence-electron chi connectivity index (χ2n) is 7.69. The van der Waals surface area contributed by atoms with Crippen LogP contribution in [0.1, 0.15) is 42.3 Å². The quantitative estimate of drug-likeness (QED) is 0.458. The van der Waals surface area contributed by atoms with E-state index in [2.05, 4.69) is 10.3 Å². The summed E-state index contributed by atoms with van der Waals surface area (Å²) in [6.07, 6.45) is 2.25. The molecule has 31 heavy (non-hydrogen) atoms. The topological polar surface area (TPSA) is 101 Å². The van der Waals surface area contributed by atoms with Gasteiger partial charge in [-0.3, -0.25) is 9.59 Å². The number of nitrogens with one attached hydrogen (secondary N) is 2. The molecule has 1 atom stereocenters. The number of fused-ring (bicyclic) bond motifs is 1. The lowest BCUT2D eigenvalue weighted by molar-refractivity contribution is -0.142. The highest BCUT2D eigenvalue weighted by molar-refractivity contribution is 5.97. The third kappa shape index (κ3) is 5.86. The summed E-state index contributed by atoms with van der Waals surface area (Å²) in [7, 11) is 0. The van der Waals surface area contributed by atoms with E-state index in [4.69, 9.17) is 9.47 Å². The van der Waals surface area contributed by atoms with Crippen molar-refractivity contribution in [3.8, 4) is 5.75 Å². The Morgan fingerprint density at radius 2 is 1.94 bits per heavy atom. The van der Waals surface area contributed by atoms with Gasteiger partial charge in [0.05, 0.1) is 24.3 Å². The lowest BCUT2D eigenvalue weighted by Gasteiger charge is -2.19. The summed E-state index contributed by atoms with van der Waals surface area (Å²) in [5.41, 5.74) is 3.02. The zero-order valence-corrected chi connectivity index (χ0v) is 18.0. The van der Waals surface area contributed by atoms with E-state index in [-0.39, 0.29) is 25.2 Å². The number of aromatic nitrogens is 1. The van der Waals surface area contributed by atoms with Gasteiger partial charge in [0.15, 0.2) is 0 Å². The molecule has 0 fully saturated rings. The molecule has 1 aromatic heterocycles. The second kappa shape index (κ2) is 10.1. The number of H-pyrrole nitrogens is 1. The Hall–Kier alpha value is -3.32. The number of aliphatic hydroxyl groups is 1. The number of aromatic amines is 1. The fourth-order valence-corrected chi connectivity index (χ4v) is 3.38. The number of rotatable bonds is 9. The molecule has 0 spiro atoms. The molecule has 0 aliphatic heterocycles. The van der Waals surface area contributed by atoms with Gasteiger partial charge in [-0.1, -0.05) is 24.3 Å². The molecule has 7 nitrogen and oxygen atoms in total. The molecule has 0 bridgehead atoms. The Kier molecular flexibility index (Phi) is 7.31. The van der Waals surface area contributed by atoms with E-state index >= 15 is 0 Å². The van der Waals surface area contributed by atoms with Crippen molar-refractivity contribution in [2.75, 3.05) is 6.61 Å². The summed E-state index contributed by atoms with van der Waals surface area (Å²) < 4.78 is 10.8. The molecule has 3 N–H and O–H groups in total. The van der Waals surface area contributed by atoms with Crippen LogP contribution in [0.2, 0.25) is 0 Å². The molecule has 164 valence electrons. The largest absolute Gasteiger partial charge is 0.490 e. The molecular formula is C24H28N2O5. The highest BCUT2D eigenvalue weighted by atomic mass is 16.5. The molecule has 7 heteroatoms. The van der Waals surface area contributed by atoms with Gasteiger partial charge in [-0.05, 0) is 49.6 Å². The van der Waals surface area contributed by atoms with Crippen LogP contribution < -0.4 is 10.1 Å². The molecular weight excluding hydrogens is 396 g/mol. The second-order valence-corrected chi connectivity index (χ2v) is 7.69. The number of hydrogen-bond acceptors (Lipinski definition) is 5. The fraction of sp³-hybridized carbons (Fsp3) is 0.333. The van der Waals surface area contributed by atoms with E-state index in [1.54, 1.807) is 18.2 Å². The lowest BCUT2D eigenvalue weighted by Crippen LogP contribution is -2.39. The van der Waals surface area contributed by atoms with Crippen LogP contribution in [0, 0.1) is 0 Å². The molecule has 0 aliphatic rings. The highest BCUT2D eigenvalue weighted by Crippen LogP contribution is 2.23. The Morgan fingerprint density at radius 1 is 1.16 bits per heavy atom. The summed E-state index contributed by atoms with van der Waals surface area (Å²) in [6.45, 7) is 4.94. The standard InChI is InChI=1S/C24H28N2O5/c1-15(2)31-23-9-8-17(14-30-16(3)28)10-21(23)24(29)26-19(13-27)11-18-12-25-22-7-5-4-6-20(18)22/h4-10,12,15,19,25,27H,11,13-14H2,1-3H3,(H,26,29)/t19-/m1/s1. The van der Waals surface area contributed by atoms with Crippen molar-refractivity contribution in [1.29, 1.82) is 0 Å². The van der Waals surface area contributed by atoms with Crippen LogP contribution in [-0.4, -0.2) is 40.7 Å². The molecule has 1 amide bonds. The smallest absolute Gasteiger partial charge is 0.302 e. The van der Waals surface area contributed by atoms with Crippen molar-refractivity contribution in [1.82, 2.24) is 10.3 Å². The first-order chi connectivity index (χ1) is 14.9. The third-order valence-electron chi connectivity index (χ3n) is 4.79. The molecule has 0 saturated heterocycles. The summed E-state index contributed by atoms with van der Waals surface area (Å²) in [4.78, 5) is 27.4. The average Bonchev–Trinajstić information content (AvgIpc) is 3.14. The maximum absolute atomic E-state index is 13.1. The van der Waals surface area contributed by atoms with Gasteiger partial charge in [-0.15, -0.1) is 0 Å². The number of amides is 1. The molecule has 0 unspecified atom stereocenters. The van der Waals surface area contributed by atoms with Crippen molar-refractivity contribution in [2.45, 2.75) is 45.9 Å². The van der Waals surface area contributed by atoms with Gasteiger partial charge in [0, 0.05) is 24.0 Å². The number of esters is 1. The number of carbonyl (C=O) groups is 2. The number of aliphatic hydroxyl groups excluding tert-OH is 1. The Morgan fingerprint density at radius 3 is 2.65 bits per heavy atom. The van der Waals surface area contributed by atoms with Crippen LogP contribution in [0.5, 0.6) is 5.75 Å². The number of hydrogen-bond donors (Lipinski definition) is 3. The third-order valence-corrected chi connectivity index (χ3v) is 4.79. The van der Waals surface area contributed by atoms with Crippen LogP contribution in [0.15, 0.2) is 48.7 Å². The van der Waals surface area contributed by atoms with Crippen LogP contribution in [0.25, 0.3) is 10.9 Å². The van der Waals surface area contributed by atoms with E-state index < -0.39 is 12.0 Å². The first-order valence-electron chi connectivity index (χ1n) is 10.3. The first kappa shape index (κ1) is 22.4. The van der Waals surface area contributed by atoms with Crippen LogP contribution >= 0.6 is 0 Å². The Bertz CT molecular complexity index is 1060. The number of ether oxygens (including phenoxy) is 2. The first-order valence-corrected chi connectivity index (χ1v) is 10.3. The zero-order valence-electron chi connectivity index (χ0n) is 18.0. The van der Waals surface area contributed by atoms with E-state index in [1.807, 2.05) is 44.3 Å². The van der Waals surface area contributed by atoms with Crippen molar-refractivity contribution in [3.05, 3.63) is 65.4 Å². The van der Waals surface area contributed by atoms with Gasteiger partial charge < -0.3 is 24.9 Å². The number of carbonyl (C=O) groups excluding carboxylic acids is 2. The molecule has 0 aliphatic carbocycles. The molecule has 0 radical (unpaired) electrons. The van der Waals surface area contributed by atoms with Gasteiger partial charge >= 0.3 is 5.97 Å². The van der Waals surface area contributed by atoms with Crippen LogP contribution in [0.3, 0.4) is 0 Å². The normalized spacial score (nSPS) is 12.0. The minimum Gasteiger partial charge on any atom is -0.490 e. The number of benzene rings is 2. The minimum absolute atomic E-state index is 0.0658. The lowest BCUT2D eigenvalue weighted by atomic mass is 10.0. The van der Waals surface area contributed by atoms with Gasteiger partial charge in [0.2, 0.25) is 0 Å². The average molecular weight is 424 g/mol. The van der Waals surface area contributed by atoms with E-state index in [0.717, 1.165) is 16.5 Å². The number of para-hydroxylation sites is 1. The summed E-state index contributed by atoms with van der Waals surface area (Å²) >= 11 is 0. The molecule has 3 aromatic rings. The fourth-order valence-electron chi connectivity index (χ4n) is 3.38. The summed E-state index contributed by atoms with van der Waals surface area (Å²) in [5, 5.41) is 13.9. The Labute approximate surface area is 181 Å². The van der Waals surface area contributed by atoms with E-state index in [9.17, 15) is 14.7 Å². The minimum atomic E-state index is -0.476. The maximum atomic E-state index is 13.1. The predicted octanol–water partition coefficient (Wildman–Crippen LogP) is 3.35. The van der Waals surface area contributed by atoms with Gasteiger partial charge in [0.25, 0.3) is 5.91 Å². The Balaban J connectivity index is 1.80. The van der Waals surface area contributed by atoms with Gasteiger partial charge in [-0.2, -0.15) is 0 Å². The van der Waals surface area contributed by atoms with E-state index in [1.165, 1.54) is 6.92 Å². The van der Waals surface area contributed by atoms with Crippen molar-refractivity contribution >= 4 is 22.8 Å². The summed E-state index contributed by atoms with van der Waals surface area (Å²) in [6, 6.07) is 12.5. The van der Waals surface area contributed by atoms with Gasteiger partial charge in [0.1, 0.15) is 12.4 Å². The maximum Gasteiger partial charge on any atom is 0.302 e. The predicted molar refractivity (Wildman–Crippen MR) is 118 cm³/mol. The van der Waals surface area contributed by atoms with Gasteiger partial charge in [-0.25, -0.2) is 0 Å². The van der Waals surface area contributed by atoms with Crippen molar-refractivity contribution < 1.29 is 24.2 Å². The zero-order chi connectivity index (χ0) is 22.4. The highest BCUT2D eigenvalue weighted by Gasteiger charge is 2.20. The molecule has 2 aromatic carbocycles. The van der Waals surface area contributed by atoms with Crippen molar-refractivity contribution in [3.63, 3.8) is 0 Å². The molecule has 1 heterocycles. The SMILES string of the molecule is CC(=O)OCc1ccc(OC(C)C)c(C(=O)N[C@@H](CO)Cc2c[nH]c3ccccc23)c1. The monoisotopic (exact) mass is 424 g/mol. The van der Waals surface area contributed by atoms with E-state index in [0.29, 0.717) is 23.3 Å².